The minimum atomic E-state index is -0.639. The normalized spacial score (nSPS) is 10.0. The van der Waals surface area contributed by atoms with Gasteiger partial charge in [-0.05, 0) is 19.4 Å². The van der Waals surface area contributed by atoms with Gasteiger partial charge in [-0.2, -0.15) is 0 Å². The zero-order valence-corrected chi connectivity index (χ0v) is 9.31. The van der Waals surface area contributed by atoms with Crippen LogP contribution in [-0.2, 0) is 4.79 Å². The summed E-state index contributed by atoms with van der Waals surface area (Å²) in [6.45, 7) is 1.59. The summed E-state index contributed by atoms with van der Waals surface area (Å²) in [6, 6.07) is 3.02. The number of hydrogen-bond acceptors (Lipinski definition) is 4. The summed E-state index contributed by atoms with van der Waals surface area (Å²) in [4.78, 5) is 20.6. The van der Waals surface area contributed by atoms with E-state index >= 15 is 0 Å². The molecule has 1 rings (SSSR count). The van der Waals surface area contributed by atoms with E-state index in [-0.39, 0.29) is 23.8 Å². The first-order chi connectivity index (χ1) is 8.00. The van der Waals surface area contributed by atoms with E-state index in [1.54, 1.807) is 0 Å². The SMILES string of the molecule is CC(=O)CCCOc1cc(F)ccc1[N+](=O)[O-]. The zero-order valence-electron chi connectivity index (χ0n) is 9.31. The summed E-state index contributed by atoms with van der Waals surface area (Å²) in [5.41, 5.74) is -0.283. The molecule has 0 saturated heterocycles. The van der Waals surface area contributed by atoms with Gasteiger partial charge in [-0.25, -0.2) is 4.39 Å². The number of carbonyl (C=O) groups is 1. The lowest BCUT2D eigenvalue weighted by molar-refractivity contribution is -0.385. The summed E-state index contributed by atoms with van der Waals surface area (Å²) in [7, 11) is 0. The van der Waals surface area contributed by atoms with Gasteiger partial charge in [0, 0.05) is 18.6 Å². The summed E-state index contributed by atoms with van der Waals surface area (Å²) < 4.78 is 18.0. The number of nitro benzene ring substituents is 1. The first kappa shape index (κ1) is 13.1. The van der Waals surface area contributed by atoms with Crippen molar-refractivity contribution in [3.8, 4) is 5.75 Å². The van der Waals surface area contributed by atoms with Gasteiger partial charge in [-0.15, -0.1) is 0 Å². The van der Waals surface area contributed by atoms with E-state index in [0.717, 1.165) is 18.2 Å². The number of carbonyl (C=O) groups excluding carboxylic acids is 1. The van der Waals surface area contributed by atoms with Crippen molar-refractivity contribution in [2.24, 2.45) is 0 Å². The Hall–Kier alpha value is -1.98. The standard InChI is InChI=1S/C11H12FNO4/c1-8(14)3-2-6-17-11-7-9(12)4-5-10(11)13(15)16/h4-5,7H,2-3,6H2,1H3. The fourth-order valence-electron chi connectivity index (χ4n) is 1.26. The molecule has 0 atom stereocenters. The van der Waals surface area contributed by atoms with Crippen LogP contribution in [-0.4, -0.2) is 17.3 Å². The van der Waals surface area contributed by atoms with Gasteiger partial charge in [0.1, 0.15) is 11.6 Å². The van der Waals surface area contributed by atoms with Crippen LogP contribution in [0.15, 0.2) is 18.2 Å². The van der Waals surface area contributed by atoms with Crippen molar-refractivity contribution < 1.29 is 18.8 Å². The molecule has 92 valence electrons. The van der Waals surface area contributed by atoms with Gasteiger partial charge in [0.25, 0.3) is 0 Å². The fraction of sp³-hybridized carbons (Fsp3) is 0.364. The smallest absolute Gasteiger partial charge is 0.311 e. The van der Waals surface area contributed by atoms with Crippen LogP contribution in [0.1, 0.15) is 19.8 Å². The van der Waals surface area contributed by atoms with E-state index in [2.05, 4.69) is 0 Å². The molecule has 0 saturated carbocycles. The molecule has 0 spiro atoms. The molecule has 6 heteroatoms. The second-order valence-electron chi connectivity index (χ2n) is 3.52. The molecule has 0 aromatic heterocycles. The molecule has 0 fully saturated rings. The minimum Gasteiger partial charge on any atom is -0.487 e. The zero-order chi connectivity index (χ0) is 12.8. The lowest BCUT2D eigenvalue weighted by Gasteiger charge is -2.05. The molecule has 0 N–H and O–H groups in total. The largest absolute Gasteiger partial charge is 0.487 e. The van der Waals surface area contributed by atoms with Crippen LogP contribution in [0, 0.1) is 15.9 Å². The molecule has 0 radical (unpaired) electrons. The predicted octanol–water partition coefficient (Wildman–Crippen LogP) is 2.48. The molecule has 0 bridgehead atoms. The lowest BCUT2D eigenvalue weighted by atomic mass is 10.2. The van der Waals surface area contributed by atoms with E-state index in [0.29, 0.717) is 12.8 Å². The number of Topliss-reactive ketones (excluding diaryl/α,β-unsaturated/α-hetero) is 1. The molecule has 1 aromatic rings. The number of rotatable bonds is 6. The third-order valence-corrected chi connectivity index (χ3v) is 2.05. The van der Waals surface area contributed by atoms with Crippen LogP contribution in [0.25, 0.3) is 0 Å². The second kappa shape index (κ2) is 5.93. The van der Waals surface area contributed by atoms with Gasteiger partial charge in [-0.3, -0.25) is 10.1 Å². The highest BCUT2D eigenvalue weighted by Crippen LogP contribution is 2.27. The van der Waals surface area contributed by atoms with E-state index in [1.165, 1.54) is 6.92 Å². The highest BCUT2D eigenvalue weighted by molar-refractivity contribution is 5.75. The summed E-state index contributed by atoms with van der Waals surface area (Å²) in [5.74, 6) is -0.696. The molecule has 0 aliphatic carbocycles. The second-order valence-corrected chi connectivity index (χ2v) is 3.52. The maximum absolute atomic E-state index is 12.9. The highest BCUT2D eigenvalue weighted by Gasteiger charge is 2.15. The lowest BCUT2D eigenvalue weighted by Crippen LogP contribution is -2.03. The molecule has 5 nitrogen and oxygen atoms in total. The quantitative estimate of drug-likeness (QED) is 0.436. The molecule has 0 unspecified atom stereocenters. The van der Waals surface area contributed by atoms with Crippen molar-refractivity contribution in [3.05, 3.63) is 34.1 Å². The molecule has 1 aromatic carbocycles. The molecular weight excluding hydrogens is 229 g/mol. The number of nitro groups is 1. The number of hydrogen-bond donors (Lipinski definition) is 0. The first-order valence-corrected chi connectivity index (χ1v) is 5.07. The Balaban J connectivity index is 2.65. The van der Waals surface area contributed by atoms with Crippen molar-refractivity contribution in [1.29, 1.82) is 0 Å². The number of ketones is 1. The van der Waals surface area contributed by atoms with E-state index in [1.807, 2.05) is 0 Å². The first-order valence-electron chi connectivity index (χ1n) is 5.07. The van der Waals surface area contributed by atoms with Crippen LogP contribution in [0.4, 0.5) is 10.1 Å². The van der Waals surface area contributed by atoms with Crippen molar-refractivity contribution in [1.82, 2.24) is 0 Å². The van der Waals surface area contributed by atoms with E-state index in [4.69, 9.17) is 4.74 Å². The van der Waals surface area contributed by atoms with Gasteiger partial charge in [0.15, 0.2) is 5.75 Å². The van der Waals surface area contributed by atoms with Crippen LogP contribution >= 0.6 is 0 Å². The fourth-order valence-corrected chi connectivity index (χ4v) is 1.26. The Morgan fingerprint density at radius 3 is 2.82 bits per heavy atom. The van der Waals surface area contributed by atoms with E-state index < -0.39 is 10.7 Å². The van der Waals surface area contributed by atoms with Crippen molar-refractivity contribution >= 4 is 11.5 Å². The monoisotopic (exact) mass is 241 g/mol. The average molecular weight is 241 g/mol. The molecule has 0 aliphatic rings. The van der Waals surface area contributed by atoms with Gasteiger partial charge in [-0.1, -0.05) is 0 Å². The third kappa shape index (κ3) is 4.18. The molecule has 0 aliphatic heterocycles. The minimum absolute atomic E-state index is 0.0161. The van der Waals surface area contributed by atoms with Crippen LogP contribution in [0.3, 0.4) is 0 Å². The average Bonchev–Trinajstić information content (AvgIpc) is 2.23. The highest BCUT2D eigenvalue weighted by atomic mass is 19.1. The Labute approximate surface area is 97.3 Å². The number of ether oxygens (including phenoxy) is 1. The molecule has 0 heterocycles. The Morgan fingerprint density at radius 2 is 2.24 bits per heavy atom. The summed E-state index contributed by atoms with van der Waals surface area (Å²) in [5, 5.41) is 10.6. The van der Waals surface area contributed by atoms with Gasteiger partial charge in [0.05, 0.1) is 11.5 Å². The van der Waals surface area contributed by atoms with Crippen molar-refractivity contribution in [2.45, 2.75) is 19.8 Å². The maximum atomic E-state index is 12.9. The van der Waals surface area contributed by atoms with Crippen LogP contribution < -0.4 is 4.74 Å². The van der Waals surface area contributed by atoms with Crippen LogP contribution in [0.2, 0.25) is 0 Å². The molecule has 0 amide bonds. The van der Waals surface area contributed by atoms with Crippen LogP contribution in [0.5, 0.6) is 5.75 Å². The topological polar surface area (TPSA) is 69.4 Å². The third-order valence-electron chi connectivity index (χ3n) is 2.05. The van der Waals surface area contributed by atoms with E-state index in [9.17, 15) is 19.3 Å². The van der Waals surface area contributed by atoms with Gasteiger partial charge in [0.2, 0.25) is 0 Å². The Bertz CT molecular complexity index is 433. The summed E-state index contributed by atoms with van der Waals surface area (Å²) >= 11 is 0. The van der Waals surface area contributed by atoms with Crippen molar-refractivity contribution in [2.75, 3.05) is 6.61 Å². The Morgan fingerprint density at radius 1 is 1.53 bits per heavy atom. The van der Waals surface area contributed by atoms with Gasteiger partial charge >= 0.3 is 5.69 Å². The number of halogens is 1. The molecular formula is C11H12FNO4. The predicted molar refractivity (Wildman–Crippen MR) is 58.5 cm³/mol. The molecule has 17 heavy (non-hydrogen) atoms. The maximum Gasteiger partial charge on any atom is 0.311 e. The summed E-state index contributed by atoms with van der Waals surface area (Å²) in [6.07, 6.45) is 0.784. The number of benzene rings is 1. The Kier molecular flexibility index (Phi) is 4.56. The van der Waals surface area contributed by atoms with Gasteiger partial charge < -0.3 is 9.53 Å². The number of nitrogens with zero attached hydrogens (tertiary/aromatic N) is 1. The van der Waals surface area contributed by atoms with Crippen molar-refractivity contribution in [3.63, 3.8) is 0 Å².